The van der Waals surface area contributed by atoms with E-state index < -0.39 is 6.10 Å². The molecular formula is C46H80O6. The highest BCUT2D eigenvalue weighted by Crippen LogP contribution is 2.13. The highest BCUT2D eigenvalue weighted by atomic mass is 16.6. The van der Waals surface area contributed by atoms with Crippen LogP contribution in [0.5, 0.6) is 0 Å². The van der Waals surface area contributed by atoms with Crippen LogP contribution in [0.15, 0.2) is 48.6 Å². The summed E-state index contributed by atoms with van der Waals surface area (Å²) in [5.41, 5.74) is 0. The predicted molar refractivity (Wildman–Crippen MR) is 219 cm³/mol. The lowest BCUT2D eigenvalue weighted by molar-refractivity contribution is -0.167. The number of unbranched alkanes of at least 4 members (excludes halogenated alkanes) is 19. The molecule has 0 aliphatic rings. The molecule has 6 nitrogen and oxygen atoms in total. The first-order valence-electron chi connectivity index (χ1n) is 21.6. The summed E-state index contributed by atoms with van der Waals surface area (Å²) in [4.78, 5) is 37.6. The number of carbonyl (C=O) groups excluding carboxylic acids is 3. The van der Waals surface area contributed by atoms with E-state index in [1.54, 1.807) is 0 Å². The molecule has 0 aliphatic carbocycles. The summed E-state index contributed by atoms with van der Waals surface area (Å²) >= 11 is 0. The maximum Gasteiger partial charge on any atom is 0.306 e. The molecule has 6 heteroatoms. The van der Waals surface area contributed by atoms with Crippen LogP contribution in [-0.4, -0.2) is 37.2 Å². The van der Waals surface area contributed by atoms with E-state index in [0.717, 1.165) is 116 Å². The lowest BCUT2D eigenvalue weighted by Crippen LogP contribution is -2.30. The van der Waals surface area contributed by atoms with E-state index in [4.69, 9.17) is 14.2 Å². The van der Waals surface area contributed by atoms with E-state index in [9.17, 15) is 14.4 Å². The van der Waals surface area contributed by atoms with Crippen molar-refractivity contribution in [1.82, 2.24) is 0 Å². The smallest absolute Gasteiger partial charge is 0.306 e. The van der Waals surface area contributed by atoms with Crippen LogP contribution >= 0.6 is 0 Å². The number of hydrogen-bond acceptors (Lipinski definition) is 6. The van der Waals surface area contributed by atoms with Crippen molar-refractivity contribution in [3.05, 3.63) is 48.6 Å². The zero-order valence-electron chi connectivity index (χ0n) is 34.1. The molecule has 52 heavy (non-hydrogen) atoms. The van der Waals surface area contributed by atoms with Gasteiger partial charge in [-0.1, -0.05) is 153 Å². The van der Waals surface area contributed by atoms with Crippen LogP contribution in [0.1, 0.15) is 207 Å². The SMILES string of the molecule is CC/C=C\C/C=C\CCCCCCCCCC(=O)OCC(COC(=O)CCCCCC/C=C\CCCC)OC(=O)CCCCCC/C=C\CCCC. The standard InChI is InChI=1S/C46H80O6/c1-4-7-10-13-16-19-22-23-24-25-28-30-33-36-39-45(48)51-42-43(52-46(49)40-37-34-31-27-21-18-15-12-9-6-3)41-50-44(47)38-35-32-29-26-20-17-14-11-8-5-2/h7,10,14-19,43H,4-6,8-9,11-13,20-42H2,1-3H3/b10-7-,17-14-,18-15-,19-16-. The Bertz CT molecular complexity index is 933. The van der Waals surface area contributed by atoms with E-state index in [1.165, 1.54) is 51.4 Å². The van der Waals surface area contributed by atoms with Gasteiger partial charge in [-0.2, -0.15) is 0 Å². The fourth-order valence-corrected chi connectivity index (χ4v) is 5.73. The average molecular weight is 729 g/mol. The molecule has 0 spiro atoms. The minimum atomic E-state index is -0.782. The van der Waals surface area contributed by atoms with Crippen molar-refractivity contribution in [3.63, 3.8) is 0 Å². The Kier molecular flexibility index (Phi) is 39.1. The average Bonchev–Trinajstić information content (AvgIpc) is 3.14. The summed E-state index contributed by atoms with van der Waals surface area (Å²) in [5, 5.41) is 0. The molecule has 0 aromatic rings. The summed E-state index contributed by atoms with van der Waals surface area (Å²) in [6.45, 7) is 6.40. The van der Waals surface area contributed by atoms with Gasteiger partial charge in [0.05, 0.1) is 0 Å². The summed E-state index contributed by atoms with van der Waals surface area (Å²) in [6, 6.07) is 0. The molecule has 0 N–H and O–H groups in total. The van der Waals surface area contributed by atoms with Crippen LogP contribution in [0.25, 0.3) is 0 Å². The maximum atomic E-state index is 12.6. The molecule has 0 fully saturated rings. The Labute approximate surface area is 320 Å². The second-order valence-corrected chi connectivity index (χ2v) is 14.2. The molecule has 1 unspecified atom stereocenters. The number of carbonyl (C=O) groups is 3. The molecule has 0 saturated heterocycles. The van der Waals surface area contributed by atoms with Crippen molar-refractivity contribution in [2.45, 2.75) is 213 Å². The van der Waals surface area contributed by atoms with Gasteiger partial charge in [0.15, 0.2) is 6.10 Å². The first-order chi connectivity index (χ1) is 25.5. The summed E-state index contributed by atoms with van der Waals surface area (Å²) < 4.78 is 16.6. The van der Waals surface area contributed by atoms with Crippen molar-refractivity contribution in [3.8, 4) is 0 Å². The van der Waals surface area contributed by atoms with Crippen molar-refractivity contribution in [2.24, 2.45) is 0 Å². The zero-order valence-corrected chi connectivity index (χ0v) is 34.1. The summed E-state index contributed by atoms with van der Waals surface area (Å²) in [6.07, 6.45) is 46.7. The zero-order chi connectivity index (χ0) is 38.0. The molecular weight excluding hydrogens is 648 g/mol. The van der Waals surface area contributed by atoms with Crippen LogP contribution < -0.4 is 0 Å². The predicted octanol–water partition coefficient (Wildman–Crippen LogP) is 13.6. The largest absolute Gasteiger partial charge is 0.462 e. The fourth-order valence-electron chi connectivity index (χ4n) is 5.73. The molecule has 0 rings (SSSR count). The molecule has 0 amide bonds. The number of rotatable bonds is 38. The third-order valence-corrected chi connectivity index (χ3v) is 9.04. The van der Waals surface area contributed by atoms with Crippen LogP contribution in [0.2, 0.25) is 0 Å². The molecule has 0 aromatic heterocycles. The van der Waals surface area contributed by atoms with E-state index in [2.05, 4.69) is 69.4 Å². The minimum absolute atomic E-state index is 0.0860. The van der Waals surface area contributed by atoms with Gasteiger partial charge in [0, 0.05) is 19.3 Å². The van der Waals surface area contributed by atoms with Gasteiger partial charge in [-0.05, 0) is 83.5 Å². The highest BCUT2D eigenvalue weighted by Gasteiger charge is 2.19. The third-order valence-electron chi connectivity index (χ3n) is 9.04. The number of ether oxygens (including phenoxy) is 3. The van der Waals surface area contributed by atoms with E-state index in [-0.39, 0.29) is 31.1 Å². The highest BCUT2D eigenvalue weighted by molar-refractivity contribution is 5.71. The Morgan fingerprint density at radius 2 is 0.750 bits per heavy atom. The van der Waals surface area contributed by atoms with Gasteiger partial charge in [-0.3, -0.25) is 14.4 Å². The lowest BCUT2D eigenvalue weighted by Gasteiger charge is -2.18. The van der Waals surface area contributed by atoms with Crippen molar-refractivity contribution >= 4 is 17.9 Å². The van der Waals surface area contributed by atoms with Crippen LogP contribution in [0.4, 0.5) is 0 Å². The molecule has 0 aliphatic heterocycles. The number of hydrogen-bond donors (Lipinski definition) is 0. The third kappa shape index (κ3) is 38.6. The molecule has 0 bridgehead atoms. The fraction of sp³-hybridized carbons (Fsp3) is 0.761. The normalized spacial score (nSPS) is 12.4. The van der Waals surface area contributed by atoms with E-state index in [0.29, 0.717) is 19.3 Å². The Morgan fingerprint density at radius 1 is 0.404 bits per heavy atom. The van der Waals surface area contributed by atoms with Crippen LogP contribution in [0.3, 0.4) is 0 Å². The van der Waals surface area contributed by atoms with E-state index >= 15 is 0 Å². The van der Waals surface area contributed by atoms with Crippen molar-refractivity contribution in [2.75, 3.05) is 13.2 Å². The van der Waals surface area contributed by atoms with Gasteiger partial charge in [-0.25, -0.2) is 0 Å². The van der Waals surface area contributed by atoms with Gasteiger partial charge in [-0.15, -0.1) is 0 Å². The Balaban J connectivity index is 4.39. The van der Waals surface area contributed by atoms with Gasteiger partial charge < -0.3 is 14.2 Å². The van der Waals surface area contributed by atoms with Gasteiger partial charge in [0.1, 0.15) is 13.2 Å². The second-order valence-electron chi connectivity index (χ2n) is 14.2. The van der Waals surface area contributed by atoms with E-state index in [1.807, 2.05) is 0 Å². The maximum absolute atomic E-state index is 12.6. The summed E-state index contributed by atoms with van der Waals surface area (Å²) in [5.74, 6) is -0.927. The van der Waals surface area contributed by atoms with Crippen molar-refractivity contribution < 1.29 is 28.6 Å². The van der Waals surface area contributed by atoms with Gasteiger partial charge >= 0.3 is 17.9 Å². The quantitative estimate of drug-likeness (QED) is 0.0272. The van der Waals surface area contributed by atoms with Crippen molar-refractivity contribution in [1.29, 1.82) is 0 Å². The van der Waals surface area contributed by atoms with Gasteiger partial charge in [0.25, 0.3) is 0 Å². The first kappa shape index (κ1) is 49.4. The summed E-state index contributed by atoms with van der Waals surface area (Å²) in [7, 11) is 0. The Morgan fingerprint density at radius 3 is 1.17 bits per heavy atom. The van der Waals surface area contributed by atoms with Crippen LogP contribution in [0, 0.1) is 0 Å². The second kappa shape index (κ2) is 41.1. The minimum Gasteiger partial charge on any atom is -0.462 e. The molecule has 0 radical (unpaired) electrons. The Hall–Kier alpha value is -2.63. The first-order valence-corrected chi connectivity index (χ1v) is 21.6. The molecule has 1 atom stereocenters. The molecule has 0 heterocycles. The topological polar surface area (TPSA) is 78.9 Å². The molecule has 0 aromatic carbocycles. The number of allylic oxidation sites excluding steroid dienone is 8. The lowest BCUT2D eigenvalue weighted by atomic mass is 10.1. The number of esters is 3. The molecule has 300 valence electrons. The van der Waals surface area contributed by atoms with Crippen LogP contribution in [-0.2, 0) is 28.6 Å². The van der Waals surface area contributed by atoms with Gasteiger partial charge in [0.2, 0.25) is 0 Å². The molecule has 0 saturated carbocycles. The monoisotopic (exact) mass is 729 g/mol.